The number of benzene rings is 3. The lowest BCUT2D eigenvalue weighted by atomic mass is 10.0. The van der Waals surface area contributed by atoms with Crippen molar-refractivity contribution >= 4 is 15.9 Å². The first kappa shape index (κ1) is 15.6. The molecule has 0 spiro atoms. The third kappa shape index (κ3) is 3.24. The largest absolute Gasteiger partial charge is 0.454 e. The van der Waals surface area contributed by atoms with Gasteiger partial charge >= 0.3 is 0 Å². The SMILES string of the molecule is Fc1cc(Br)ccc1-c1ccc(Oc2ccccc2)c(F)c1F. The molecule has 0 aromatic heterocycles. The highest BCUT2D eigenvalue weighted by atomic mass is 79.9. The van der Waals surface area contributed by atoms with Crippen molar-refractivity contribution in [2.45, 2.75) is 0 Å². The van der Waals surface area contributed by atoms with Gasteiger partial charge in [0, 0.05) is 15.6 Å². The molecule has 1 nitrogen and oxygen atoms in total. The highest BCUT2D eigenvalue weighted by Gasteiger charge is 2.18. The van der Waals surface area contributed by atoms with E-state index in [0.717, 1.165) is 0 Å². The minimum Gasteiger partial charge on any atom is -0.454 e. The molecule has 0 N–H and O–H groups in total. The molecule has 3 rings (SSSR count). The molecule has 23 heavy (non-hydrogen) atoms. The van der Waals surface area contributed by atoms with Crippen LogP contribution in [-0.2, 0) is 0 Å². The van der Waals surface area contributed by atoms with Gasteiger partial charge in [-0.3, -0.25) is 0 Å². The van der Waals surface area contributed by atoms with Crippen molar-refractivity contribution in [1.29, 1.82) is 0 Å². The Labute approximate surface area is 139 Å². The average Bonchev–Trinajstić information content (AvgIpc) is 2.54. The summed E-state index contributed by atoms with van der Waals surface area (Å²) in [6.07, 6.45) is 0. The Morgan fingerprint density at radius 2 is 1.43 bits per heavy atom. The number of ether oxygens (including phenoxy) is 1. The average molecular weight is 379 g/mol. The molecule has 116 valence electrons. The van der Waals surface area contributed by atoms with Gasteiger partial charge < -0.3 is 4.74 Å². The van der Waals surface area contributed by atoms with Gasteiger partial charge in [-0.25, -0.2) is 8.78 Å². The molecule has 3 aromatic carbocycles. The minimum absolute atomic E-state index is 0.0177. The van der Waals surface area contributed by atoms with Crippen LogP contribution in [0.3, 0.4) is 0 Å². The van der Waals surface area contributed by atoms with E-state index >= 15 is 0 Å². The summed E-state index contributed by atoms with van der Waals surface area (Å²) in [6.45, 7) is 0. The predicted molar refractivity (Wildman–Crippen MR) is 86.0 cm³/mol. The molecule has 0 aliphatic rings. The molecule has 0 fully saturated rings. The first-order chi connectivity index (χ1) is 11.1. The lowest BCUT2D eigenvalue weighted by molar-refractivity contribution is 0.417. The monoisotopic (exact) mass is 378 g/mol. The molecule has 0 saturated heterocycles. The zero-order valence-corrected chi connectivity index (χ0v) is 13.3. The van der Waals surface area contributed by atoms with Gasteiger partial charge in [0.2, 0.25) is 5.82 Å². The lowest BCUT2D eigenvalue weighted by Gasteiger charge is -2.11. The number of halogens is 4. The maximum absolute atomic E-state index is 14.3. The van der Waals surface area contributed by atoms with Crippen molar-refractivity contribution < 1.29 is 17.9 Å². The van der Waals surface area contributed by atoms with E-state index < -0.39 is 17.5 Å². The molecule has 0 saturated carbocycles. The van der Waals surface area contributed by atoms with Crippen LogP contribution in [0.5, 0.6) is 11.5 Å². The second-order valence-corrected chi connectivity index (χ2v) is 5.69. The summed E-state index contributed by atoms with van der Waals surface area (Å²) in [6, 6.07) is 15.2. The topological polar surface area (TPSA) is 9.23 Å². The second-order valence-electron chi connectivity index (χ2n) is 4.78. The van der Waals surface area contributed by atoms with E-state index in [2.05, 4.69) is 15.9 Å². The van der Waals surface area contributed by atoms with Crippen LogP contribution < -0.4 is 4.74 Å². The Morgan fingerprint density at radius 1 is 0.739 bits per heavy atom. The molecule has 5 heteroatoms. The summed E-state index contributed by atoms with van der Waals surface area (Å²) >= 11 is 3.12. The van der Waals surface area contributed by atoms with Crippen LogP contribution >= 0.6 is 15.9 Å². The zero-order chi connectivity index (χ0) is 16.4. The van der Waals surface area contributed by atoms with Crippen molar-refractivity contribution in [2.75, 3.05) is 0 Å². The number of rotatable bonds is 3. The third-order valence-electron chi connectivity index (χ3n) is 3.24. The summed E-state index contributed by atoms with van der Waals surface area (Å²) in [5.74, 6) is -2.83. The maximum Gasteiger partial charge on any atom is 0.201 e. The summed E-state index contributed by atoms with van der Waals surface area (Å²) in [5, 5.41) is 0. The quantitative estimate of drug-likeness (QED) is 0.517. The van der Waals surface area contributed by atoms with Crippen LogP contribution in [0.2, 0.25) is 0 Å². The van der Waals surface area contributed by atoms with E-state index in [0.29, 0.717) is 10.2 Å². The van der Waals surface area contributed by atoms with E-state index in [4.69, 9.17) is 4.74 Å². The Bertz CT molecular complexity index is 850. The van der Waals surface area contributed by atoms with Crippen LogP contribution in [0.4, 0.5) is 13.2 Å². The smallest absolute Gasteiger partial charge is 0.201 e. The lowest BCUT2D eigenvalue weighted by Crippen LogP contribution is -1.96. The molecule has 0 unspecified atom stereocenters. The van der Waals surface area contributed by atoms with Gasteiger partial charge in [-0.15, -0.1) is 0 Å². The molecule has 0 aliphatic carbocycles. The van der Waals surface area contributed by atoms with Gasteiger partial charge in [0.25, 0.3) is 0 Å². The Hall–Kier alpha value is -2.27. The fourth-order valence-corrected chi connectivity index (χ4v) is 2.48. The Kier molecular flexibility index (Phi) is 4.39. The number of hydrogen-bond acceptors (Lipinski definition) is 1. The van der Waals surface area contributed by atoms with Gasteiger partial charge in [-0.1, -0.05) is 40.2 Å². The van der Waals surface area contributed by atoms with Gasteiger partial charge in [0.1, 0.15) is 11.6 Å². The summed E-state index contributed by atoms with van der Waals surface area (Å²) in [4.78, 5) is 0. The molecule has 0 amide bonds. The Morgan fingerprint density at radius 3 is 2.13 bits per heavy atom. The molecule has 0 atom stereocenters. The molecule has 0 heterocycles. The van der Waals surface area contributed by atoms with Crippen LogP contribution in [0, 0.1) is 17.5 Å². The zero-order valence-electron chi connectivity index (χ0n) is 11.7. The van der Waals surface area contributed by atoms with E-state index in [9.17, 15) is 13.2 Å². The van der Waals surface area contributed by atoms with E-state index in [1.807, 2.05) is 0 Å². The minimum atomic E-state index is -1.16. The van der Waals surface area contributed by atoms with Gasteiger partial charge in [0.05, 0.1) is 0 Å². The van der Waals surface area contributed by atoms with Crippen LogP contribution in [0.25, 0.3) is 11.1 Å². The molecular formula is C18H10BrF3O. The summed E-state index contributed by atoms with van der Waals surface area (Å²) in [5.41, 5.74) is -0.177. The van der Waals surface area contributed by atoms with Crippen molar-refractivity contribution in [3.63, 3.8) is 0 Å². The van der Waals surface area contributed by atoms with Crippen molar-refractivity contribution in [1.82, 2.24) is 0 Å². The van der Waals surface area contributed by atoms with Crippen molar-refractivity contribution in [2.24, 2.45) is 0 Å². The molecule has 0 bridgehead atoms. The first-order valence-corrected chi connectivity index (χ1v) is 7.52. The van der Waals surface area contributed by atoms with E-state index in [1.165, 1.54) is 24.3 Å². The molecular weight excluding hydrogens is 369 g/mol. The van der Waals surface area contributed by atoms with Crippen LogP contribution in [0.15, 0.2) is 65.1 Å². The standard InChI is InChI=1S/C18H10BrF3O/c19-11-6-7-13(15(20)10-11)14-8-9-16(18(22)17(14)21)23-12-4-2-1-3-5-12/h1-10H. The van der Waals surface area contributed by atoms with Crippen LogP contribution in [0.1, 0.15) is 0 Å². The van der Waals surface area contributed by atoms with Crippen LogP contribution in [-0.4, -0.2) is 0 Å². The Balaban J connectivity index is 2.01. The van der Waals surface area contributed by atoms with E-state index in [-0.39, 0.29) is 16.9 Å². The van der Waals surface area contributed by atoms with E-state index in [1.54, 1.807) is 36.4 Å². The molecule has 0 aliphatic heterocycles. The number of para-hydroxylation sites is 1. The summed E-state index contributed by atoms with van der Waals surface area (Å²) in [7, 11) is 0. The third-order valence-corrected chi connectivity index (χ3v) is 3.73. The van der Waals surface area contributed by atoms with Crippen molar-refractivity contribution in [3.8, 4) is 22.6 Å². The highest BCUT2D eigenvalue weighted by Crippen LogP contribution is 2.34. The first-order valence-electron chi connectivity index (χ1n) is 6.72. The van der Waals surface area contributed by atoms with Gasteiger partial charge in [-0.2, -0.15) is 4.39 Å². The molecule has 3 aromatic rings. The predicted octanol–water partition coefficient (Wildman–Crippen LogP) is 6.33. The second kappa shape index (κ2) is 6.46. The normalized spacial score (nSPS) is 10.6. The van der Waals surface area contributed by atoms with Gasteiger partial charge in [-0.05, 0) is 36.4 Å². The van der Waals surface area contributed by atoms with Crippen molar-refractivity contribution in [3.05, 3.63) is 82.6 Å². The molecule has 0 radical (unpaired) electrons. The summed E-state index contributed by atoms with van der Waals surface area (Å²) < 4.78 is 48.3. The highest BCUT2D eigenvalue weighted by molar-refractivity contribution is 9.10. The fourth-order valence-electron chi connectivity index (χ4n) is 2.14. The van der Waals surface area contributed by atoms with Gasteiger partial charge in [0.15, 0.2) is 11.6 Å². The number of hydrogen-bond donors (Lipinski definition) is 0. The maximum atomic E-state index is 14.3. The fraction of sp³-hybridized carbons (Fsp3) is 0.